The van der Waals surface area contributed by atoms with Crippen molar-refractivity contribution in [3.8, 4) is 28.5 Å². The van der Waals surface area contributed by atoms with E-state index in [0.29, 0.717) is 65.9 Å². The SMILES string of the molecule is CCNC(=O)Nc1nc2cc(-c3cnc(N4CCC(C)(C(=O)O)CC4)nc3)cc(-c3ncccc3C#N)c2s1. The molecule has 1 saturated heterocycles. The molecular weight excluding hydrogens is 516 g/mol. The van der Waals surface area contributed by atoms with Crippen LogP contribution in [0.25, 0.3) is 32.6 Å². The van der Waals surface area contributed by atoms with Gasteiger partial charge in [-0.05, 0) is 56.5 Å². The molecule has 1 aliphatic rings. The van der Waals surface area contributed by atoms with E-state index in [9.17, 15) is 20.0 Å². The van der Waals surface area contributed by atoms with E-state index >= 15 is 0 Å². The first kappa shape index (κ1) is 26.0. The van der Waals surface area contributed by atoms with Crippen molar-refractivity contribution in [3.05, 3.63) is 48.4 Å². The third-order valence-electron chi connectivity index (χ3n) is 6.87. The van der Waals surface area contributed by atoms with Crippen molar-refractivity contribution in [2.24, 2.45) is 5.41 Å². The average molecular weight is 543 g/mol. The van der Waals surface area contributed by atoms with Crippen LogP contribution in [0.5, 0.6) is 0 Å². The van der Waals surface area contributed by atoms with E-state index in [0.717, 1.165) is 15.8 Å². The molecule has 0 spiro atoms. The fraction of sp³-hybridized carbons (Fsp3) is 0.296. The van der Waals surface area contributed by atoms with E-state index in [2.05, 4.69) is 36.6 Å². The highest BCUT2D eigenvalue weighted by atomic mass is 32.1. The zero-order valence-electron chi connectivity index (χ0n) is 21.4. The van der Waals surface area contributed by atoms with Crippen LogP contribution in [0.3, 0.4) is 0 Å². The van der Waals surface area contributed by atoms with E-state index in [-0.39, 0.29) is 6.03 Å². The van der Waals surface area contributed by atoms with E-state index < -0.39 is 11.4 Å². The van der Waals surface area contributed by atoms with Gasteiger partial charge in [-0.2, -0.15) is 5.26 Å². The van der Waals surface area contributed by atoms with Crippen molar-refractivity contribution >= 4 is 44.6 Å². The molecule has 1 aromatic carbocycles. The number of hydrogen-bond donors (Lipinski definition) is 3. The maximum atomic E-state index is 12.1. The number of hydrogen-bond acceptors (Lipinski definition) is 9. The summed E-state index contributed by atoms with van der Waals surface area (Å²) >= 11 is 1.31. The van der Waals surface area contributed by atoms with Crippen LogP contribution in [-0.2, 0) is 4.79 Å². The van der Waals surface area contributed by atoms with Crippen LogP contribution < -0.4 is 15.5 Å². The monoisotopic (exact) mass is 542 g/mol. The number of urea groups is 1. The summed E-state index contributed by atoms with van der Waals surface area (Å²) in [7, 11) is 0. The van der Waals surface area contributed by atoms with Gasteiger partial charge in [0, 0.05) is 49.4 Å². The number of thiazole rings is 1. The lowest BCUT2D eigenvalue weighted by Crippen LogP contribution is -2.43. The van der Waals surface area contributed by atoms with Crippen molar-refractivity contribution in [2.45, 2.75) is 26.7 Å². The standard InChI is InChI=1S/C27H26N8O3S/c1-3-29-25(38)34-26-33-20-12-17(11-19(22(20)39-26)21-16(13-28)5-4-8-30-21)18-14-31-24(32-15-18)35-9-6-27(2,7-10-35)23(36)37/h4-5,8,11-12,14-15H,3,6-7,9-10H2,1-2H3,(H,36,37)(H2,29,33,34,38). The number of carbonyl (C=O) groups excluding carboxylic acids is 1. The van der Waals surface area contributed by atoms with Crippen LogP contribution in [0.4, 0.5) is 15.9 Å². The largest absolute Gasteiger partial charge is 0.481 e. The molecule has 198 valence electrons. The Morgan fingerprint density at radius 3 is 2.59 bits per heavy atom. The number of carboxylic acid groups (broad SMARTS) is 1. The summed E-state index contributed by atoms with van der Waals surface area (Å²) in [5.41, 5.74) is 3.10. The molecule has 1 fully saturated rings. The second kappa shape index (κ2) is 10.6. The van der Waals surface area contributed by atoms with E-state index in [4.69, 9.17) is 0 Å². The lowest BCUT2D eigenvalue weighted by atomic mass is 9.80. The molecule has 12 heteroatoms. The van der Waals surface area contributed by atoms with E-state index in [1.165, 1.54) is 11.3 Å². The van der Waals surface area contributed by atoms with Crippen LogP contribution in [0.2, 0.25) is 0 Å². The molecule has 0 aliphatic carbocycles. The van der Waals surface area contributed by atoms with Gasteiger partial charge < -0.3 is 15.3 Å². The molecule has 2 amide bonds. The first-order chi connectivity index (χ1) is 18.8. The predicted molar refractivity (Wildman–Crippen MR) is 148 cm³/mol. The number of carbonyl (C=O) groups is 2. The highest BCUT2D eigenvalue weighted by Gasteiger charge is 2.37. The quantitative estimate of drug-likeness (QED) is 0.319. The van der Waals surface area contributed by atoms with Crippen LogP contribution in [-0.4, -0.2) is 56.7 Å². The molecule has 0 radical (unpaired) electrons. The molecule has 5 rings (SSSR count). The number of amides is 2. The number of rotatable bonds is 6. The minimum Gasteiger partial charge on any atom is -0.481 e. The Balaban J connectivity index is 1.51. The van der Waals surface area contributed by atoms with Gasteiger partial charge in [-0.1, -0.05) is 11.3 Å². The Morgan fingerprint density at radius 1 is 1.18 bits per heavy atom. The topological polar surface area (TPSA) is 157 Å². The summed E-state index contributed by atoms with van der Waals surface area (Å²) in [6.45, 7) is 5.22. The summed E-state index contributed by atoms with van der Waals surface area (Å²) in [5, 5.41) is 25.1. The normalized spacial score (nSPS) is 14.5. The second-order valence-corrected chi connectivity index (χ2v) is 10.5. The first-order valence-electron chi connectivity index (χ1n) is 12.5. The number of anilines is 2. The van der Waals surface area contributed by atoms with Crippen LogP contribution in [0, 0.1) is 16.7 Å². The molecule has 0 saturated carbocycles. The Morgan fingerprint density at radius 2 is 1.92 bits per heavy atom. The van der Waals surface area contributed by atoms with Gasteiger partial charge >= 0.3 is 12.0 Å². The fourth-order valence-electron chi connectivity index (χ4n) is 4.49. The van der Waals surface area contributed by atoms with E-state index in [1.807, 2.05) is 24.0 Å². The van der Waals surface area contributed by atoms with Gasteiger partial charge in [-0.3, -0.25) is 15.1 Å². The minimum atomic E-state index is -0.775. The third kappa shape index (κ3) is 5.21. The molecular formula is C27H26N8O3S. The number of benzene rings is 1. The van der Waals surface area contributed by atoms with Crippen molar-refractivity contribution in [1.29, 1.82) is 5.26 Å². The summed E-state index contributed by atoms with van der Waals surface area (Å²) in [5.74, 6) is -0.227. The summed E-state index contributed by atoms with van der Waals surface area (Å²) in [4.78, 5) is 43.9. The maximum Gasteiger partial charge on any atom is 0.321 e. The van der Waals surface area contributed by atoms with Gasteiger partial charge in [-0.25, -0.2) is 19.7 Å². The molecule has 4 heterocycles. The zero-order valence-corrected chi connectivity index (χ0v) is 22.2. The summed E-state index contributed by atoms with van der Waals surface area (Å²) < 4.78 is 0.785. The van der Waals surface area contributed by atoms with Gasteiger partial charge in [0.2, 0.25) is 5.95 Å². The Labute approximate surface area is 228 Å². The summed E-state index contributed by atoms with van der Waals surface area (Å²) in [6.07, 6.45) is 6.13. The maximum absolute atomic E-state index is 12.1. The van der Waals surface area contributed by atoms with Crippen molar-refractivity contribution in [2.75, 3.05) is 29.9 Å². The fourth-order valence-corrected chi connectivity index (χ4v) is 5.44. The van der Waals surface area contributed by atoms with Crippen LogP contribution >= 0.6 is 11.3 Å². The molecule has 0 unspecified atom stereocenters. The molecule has 1 aliphatic heterocycles. The molecule has 0 atom stereocenters. The molecule has 39 heavy (non-hydrogen) atoms. The lowest BCUT2D eigenvalue weighted by molar-refractivity contribution is -0.149. The molecule has 0 bridgehead atoms. The van der Waals surface area contributed by atoms with Crippen molar-refractivity contribution < 1.29 is 14.7 Å². The Bertz CT molecular complexity index is 1590. The van der Waals surface area contributed by atoms with Crippen LogP contribution in [0.1, 0.15) is 32.3 Å². The van der Waals surface area contributed by atoms with Crippen LogP contribution in [0.15, 0.2) is 42.9 Å². The van der Waals surface area contributed by atoms with Crippen molar-refractivity contribution in [3.63, 3.8) is 0 Å². The molecule has 3 N–H and O–H groups in total. The van der Waals surface area contributed by atoms with Gasteiger partial charge in [0.15, 0.2) is 5.13 Å². The lowest BCUT2D eigenvalue weighted by Gasteiger charge is -2.36. The first-order valence-corrected chi connectivity index (χ1v) is 13.3. The number of pyridine rings is 1. The molecule has 3 aromatic heterocycles. The minimum absolute atomic E-state index is 0.348. The van der Waals surface area contributed by atoms with Gasteiger partial charge in [0.05, 0.1) is 26.9 Å². The van der Waals surface area contributed by atoms with Crippen molar-refractivity contribution in [1.82, 2.24) is 25.3 Å². The average Bonchev–Trinajstić information content (AvgIpc) is 3.35. The number of piperidine rings is 1. The molecule has 4 aromatic rings. The smallest absolute Gasteiger partial charge is 0.321 e. The number of nitrogens with one attached hydrogen (secondary N) is 2. The zero-order chi connectivity index (χ0) is 27.6. The molecule has 11 nitrogen and oxygen atoms in total. The Hall–Kier alpha value is -4.63. The number of nitriles is 1. The van der Waals surface area contributed by atoms with E-state index in [1.54, 1.807) is 37.6 Å². The number of nitrogens with zero attached hydrogens (tertiary/aromatic N) is 6. The van der Waals surface area contributed by atoms with Gasteiger partial charge in [0.1, 0.15) is 6.07 Å². The number of aliphatic carboxylic acids is 1. The highest BCUT2D eigenvalue weighted by Crippen LogP contribution is 2.39. The predicted octanol–water partition coefficient (Wildman–Crippen LogP) is 4.52. The van der Waals surface area contributed by atoms with Gasteiger partial charge in [-0.15, -0.1) is 0 Å². The second-order valence-electron chi connectivity index (χ2n) is 9.51. The highest BCUT2D eigenvalue weighted by molar-refractivity contribution is 7.22. The number of fused-ring (bicyclic) bond motifs is 1. The number of carboxylic acids is 1. The van der Waals surface area contributed by atoms with Gasteiger partial charge in [0.25, 0.3) is 0 Å². The Kier molecular flexibility index (Phi) is 7.08. The third-order valence-corrected chi connectivity index (χ3v) is 7.89. The number of aromatic nitrogens is 4. The summed E-state index contributed by atoms with van der Waals surface area (Å²) in [6, 6.07) is 9.10.